The minimum atomic E-state index is -0.339. The van der Waals surface area contributed by atoms with E-state index in [-0.39, 0.29) is 5.41 Å². The molecule has 0 radical (unpaired) electrons. The number of benzene rings is 9. The van der Waals surface area contributed by atoms with E-state index >= 15 is 0 Å². The standard InChI is InChI=1S/C60H40N2S/c1-60(47-24-9-4-10-25-47)52-28-15-27-48(39-16-5-2-6-17-39)58(52)51-33-31-43(36-53(51)60)41-20-13-22-45(34-41)54-38-55(62-59(61-54)40-18-7-3-8-19-40)46-23-14-21-42(35-46)44-30-32-50-49-26-11-12-29-56(49)63-57(50)37-44/h2-38H,1H3. The van der Waals surface area contributed by atoms with E-state index in [2.05, 4.69) is 225 Å². The Morgan fingerprint density at radius 2 is 0.889 bits per heavy atom. The van der Waals surface area contributed by atoms with Gasteiger partial charge in [0.25, 0.3) is 0 Å². The molecule has 0 N–H and O–H groups in total. The molecule has 0 fully saturated rings. The van der Waals surface area contributed by atoms with Crippen molar-refractivity contribution in [1.29, 1.82) is 0 Å². The molecule has 3 heteroatoms. The molecule has 2 nitrogen and oxygen atoms in total. The van der Waals surface area contributed by atoms with Gasteiger partial charge in [-0.1, -0.05) is 188 Å². The average Bonchev–Trinajstić information content (AvgIpc) is 3.87. The number of nitrogens with zero attached hydrogens (tertiary/aromatic N) is 2. The van der Waals surface area contributed by atoms with Gasteiger partial charge < -0.3 is 0 Å². The van der Waals surface area contributed by atoms with Gasteiger partial charge in [0.1, 0.15) is 0 Å². The van der Waals surface area contributed by atoms with Crippen molar-refractivity contribution in [3.63, 3.8) is 0 Å². The Bertz CT molecular complexity index is 3520. The highest BCUT2D eigenvalue weighted by Gasteiger charge is 2.42. The second kappa shape index (κ2) is 15.0. The van der Waals surface area contributed by atoms with Crippen LogP contribution in [0.2, 0.25) is 0 Å². The molecule has 0 saturated heterocycles. The van der Waals surface area contributed by atoms with Gasteiger partial charge in [0, 0.05) is 42.3 Å². The third-order valence-corrected chi connectivity index (χ3v) is 14.1. The summed E-state index contributed by atoms with van der Waals surface area (Å²) in [5.74, 6) is 0.703. The minimum Gasteiger partial charge on any atom is -0.228 e. The Kier molecular flexibility index (Phi) is 8.84. The molecule has 1 aliphatic carbocycles. The molecule has 1 aliphatic rings. The predicted molar refractivity (Wildman–Crippen MR) is 265 cm³/mol. The van der Waals surface area contributed by atoms with Crippen molar-refractivity contribution in [2.45, 2.75) is 12.3 Å². The monoisotopic (exact) mass is 820 g/mol. The van der Waals surface area contributed by atoms with Crippen LogP contribution in [0.4, 0.5) is 0 Å². The molecular weight excluding hydrogens is 781 g/mol. The lowest BCUT2D eigenvalue weighted by atomic mass is 9.73. The molecule has 12 rings (SSSR count). The van der Waals surface area contributed by atoms with Crippen LogP contribution in [0.25, 0.3) is 98.6 Å². The van der Waals surface area contributed by atoms with Crippen molar-refractivity contribution in [3.8, 4) is 78.4 Å². The molecule has 1 atom stereocenters. The lowest BCUT2D eigenvalue weighted by molar-refractivity contribution is 0.714. The molecule has 0 bridgehead atoms. The van der Waals surface area contributed by atoms with Crippen molar-refractivity contribution < 1.29 is 0 Å². The van der Waals surface area contributed by atoms with Gasteiger partial charge in [0.15, 0.2) is 5.82 Å². The second-order valence-electron chi connectivity index (χ2n) is 16.6. The van der Waals surface area contributed by atoms with E-state index in [0.29, 0.717) is 5.82 Å². The van der Waals surface area contributed by atoms with E-state index in [4.69, 9.17) is 9.97 Å². The molecule has 296 valence electrons. The van der Waals surface area contributed by atoms with Crippen molar-refractivity contribution >= 4 is 31.5 Å². The van der Waals surface area contributed by atoms with Crippen LogP contribution in [0.5, 0.6) is 0 Å². The number of hydrogen-bond donors (Lipinski definition) is 0. The molecule has 2 aromatic heterocycles. The summed E-state index contributed by atoms with van der Waals surface area (Å²) in [5, 5.41) is 2.62. The molecule has 0 amide bonds. The summed E-state index contributed by atoms with van der Waals surface area (Å²) in [6.45, 7) is 2.40. The topological polar surface area (TPSA) is 25.8 Å². The first-order chi connectivity index (χ1) is 31.1. The van der Waals surface area contributed by atoms with E-state index in [1.807, 2.05) is 17.4 Å². The van der Waals surface area contributed by atoms with Gasteiger partial charge in [-0.2, -0.15) is 0 Å². The average molecular weight is 821 g/mol. The Labute approximate surface area is 371 Å². The highest BCUT2D eigenvalue weighted by Crippen LogP contribution is 2.56. The molecular formula is C60H40N2S. The highest BCUT2D eigenvalue weighted by molar-refractivity contribution is 7.25. The Morgan fingerprint density at radius 3 is 1.60 bits per heavy atom. The van der Waals surface area contributed by atoms with Crippen LogP contribution in [-0.4, -0.2) is 9.97 Å². The first-order valence-electron chi connectivity index (χ1n) is 21.6. The van der Waals surface area contributed by atoms with Crippen LogP contribution in [0.1, 0.15) is 23.6 Å². The summed E-state index contributed by atoms with van der Waals surface area (Å²) in [6.07, 6.45) is 0. The zero-order valence-corrected chi connectivity index (χ0v) is 35.5. The van der Waals surface area contributed by atoms with E-state index in [0.717, 1.165) is 39.2 Å². The summed E-state index contributed by atoms with van der Waals surface area (Å²) in [5.41, 5.74) is 18.2. The predicted octanol–water partition coefficient (Wildman–Crippen LogP) is 16.2. The second-order valence-corrected chi connectivity index (χ2v) is 17.7. The van der Waals surface area contributed by atoms with Gasteiger partial charge in [-0.3, -0.25) is 0 Å². The quantitative estimate of drug-likeness (QED) is 0.160. The minimum absolute atomic E-state index is 0.339. The highest BCUT2D eigenvalue weighted by atomic mass is 32.1. The SMILES string of the molecule is CC1(c2ccccc2)c2cc(-c3cccc(-c4cc(-c5cccc(-c6ccc7c(c6)sc6ccccc67)c5)nc(-c5ccccc5)n4)c3)ccc2-c2c(-c3ccccc3)cccc21. The van der Waals surface area contributed by atoms with Crippen molar-refractivity contribution in [2.75, 3.05) is 0 Å². The number of thiophene rings is 1. The first kappa shape index (κ1) is 37.1. The fourth-order valence-corrected chi connectivity index (χ4v) is 10.9. The molecule has 0 saturated carbocycles. The summed E-state index contributed by atoms with van der Waals surface area (Å²) in [7, 11) is 0. The lowest BCUT2D eigenvalue weighted by Gasteiger charge is -2.29. The van der Waals surface area contributed by atoms with Crippen LogP contribution < -0.4 is 0 Å². The summed E-state index contributed by atoms with van der Waals surface area (Å²) >= 11 is 1.85. The maximum Gasteiger partial charge on any atom is 0.160 e. The summed E-state index contributed by atoms with van der Waals surface area (Å²) < 4.78 is 2.61. The van der Waals surface area contributed by atoms with Crippen LogP contribution in [0, 0.1) is 0 Å². The van der Waals surface area contributed by atoms with Gasteiger partial charge in [-0.05, 0) is 105 Å². The molecule has 9 aromatic carbocycles. The van der Waals surface area contributed by atoms with Crippen LogP contribution >= 0.6 is 11.3 Å². The number of aromatic nitrogens is 2. The van der Waals surface area contributed by atoms with Crippen LogP contribution in [0.15, 0.2) is 224 Å². The van der Waals surface area contributed by atoms with Gasteiger partial charge in [0.05, 0.1) is 11.4 Å². The van der Waals surface area contributed by atoms with Crippen molar-refractivity contribution in [2.24, 2.45) is 0 Å². The van der Waals surface area contributed by atoms with Crippen molar-refractivity contribution in [3.05, 3.63) is 241 Å². The molecule has 1 unspecified atom stereocenters. The fraction of sp³-hybridized carbons (Fsp3) is 0.0333. The maximum atomic E-state index is 5.25. The zero-order chi connectivity index (χ0) is 41.9. The van der Waals surface area contributed by atoms with Gasteiger partial charge in [0.2, 0.25) is 0 Å². The number of rotatable bonds is 7. The fourth-order valence-electron chi connectivity index (χ4n) is 9.78. The Hall–Kier alpha value is -7.72. The van der Waals surface area contributed by atoms with Gasteiger partial charge in [-0.25, -0.2) is 9.97 Å². The van der Waals surface area contributed by atoms with E-state index in [1.165, 1.54) is 70.2 Å². The molecule has 11 aromatic rings. The molecule has 2 heterocycles. The maximum absolute atomic E-state index is 5.25. The normalized spacial score (nSPS) is 14.2. The first-order valence-corrected chi connectivity index (χ1v) is 22.4. The van der Waals surface area contributed by atoms with Crippen LogP contribution in [0.3, 0.4) is 0 Å². The summed E-state index contributed by atoms with van der Waals surface area (Å²) in [6, 6.07) is 81.2. The van der Waals surface area contributed by atoms with E-state index < -0.39 is 0 Å². The lowest BCUT2D eigenvalue weighted by Crippen LogP contribution is -2.22. The third-order valence-electron chi connectivity index (χ3n) is 13.0. The van der Waals surface area contributed by atoms with Crippen LogP contribution in [-0.2, 0) is 5.41 Å². The van der Waals surface area contributed by atoms with Crippen molar-refractivity contribution in [1.82, 2.24) is 9.97 Å². The van der Waals surface area contributed by atoms with E-state index in [1.54, 1.807) is 0 Å². The van der Waals surface area contributed by atoms with E-state index in [9.17, 15) is 0 Å². The Morgan fingerprint density at radius 1 is 0.349 bits per heavy atom. The number of fused-ring (bicyclic) bond motifs is 6. The molecule has 0 aliphatic heterocycles. The molecule has 63 heavy (non-hydrogen) atoms. The zero-order valence-electron chi connectivity index (χ0n) is 34.7. The number of hydrogen-bond acceptors (Lipinski definition) is 3. The summed E-state index contributed by atoms with van der Waals surface area (Å²) in [4.78, 5) is 10.5. The third kappa shape index (κ3) is 6.31. The Balaban J connectivity index is 0.964. The largest absolute Gasteiger partial charge is 0.228 e. The molecule has 0 spiro atoms. The van der Waals surface area contributed by atoms with Gasteiger partial charge in [-0.15, -0.1) is 11.3 Å². The van der Waals surface area contributed by atoms with Gasteiger partial charge >= 0.3 is 0 Å². The smallest absolute Gasteiger partial charge is 0.160 e.